The zero-order valence-corrected chi connectivity index (χ0v) is 20.5. The highest BCUT2D eigenvalue weighted by molar-refractivity contribution is 7.10. The van der Waals surface area contributed by atoms with Gasteiger partial charge in [-0.15, -0.1) is 11.3 Å². The van der Waals surface area contributed by atoms with E-state index in [4.69, 9.17) is 21.1 Å². The van der Waals surface area contributed by atoms with Gasteiger partial charge in [0.15, 0.2) is 0 Å². The van der Waals surface area contributed by atoms with Crippen molar-refractivity contribution in [1.82, 2.24) is 4.90 Å². The van der Waals surface area contributed by atoms with Gasteiger partial charge in [0.1, 0.15) is 17.3 Å². The van der Waals surface area contributed by atoms with Crippen LogP contribution in [-0.4, -0.2) is 35.9 Å². The monoisotopic (exact) mass is 537 g/mol. The number of hydrogen-bond acceptors (Lipinski definition) is 6. The van der Waals surface area contributed by atoms with E-state index in [-0.39, 0.29) is 39.8 Å². The number of carbonyl (C=O) groups excluding carboxylic acids is 2. The summed E-state index contributed by atoms with van der Waals surface area (Å²) in [5.41, 5.74) is -0.865. The molecule has 0 saturated carbocycles. The SMILES string of the molecule is COc1cc(OC)c(/C(O)=C2/C(=O)C(=O)N(Cc3cccc(C(F)(F)F)c3)C2c2cccs2)cc1Cl. The molecule has 1 saturated heterocycles. The molecule has 1 N–H and O–H groups in total. The van der Waals surface area contributed by atoms with Crippen LogP contribution in [0.4, 0.5) is 13.2 Å². The Labute approximate surface area is 213 Å². The number of alkyl halides is 3. The average Bonchev–Trinajstić information content (AvgIpc) is 3.46. The van der Waals surface area contributed by atoms with Crippen molar-refractivity contribution in [3.05, 3.63) is 86.1 Å². The molecule has 4 rings (SSSR count). The Morgan fingerprint density at radius 3 is 2.42 bits per heavy atom. The second kappa shape index (κ2) is 9.87. The Kier molecular flexibility index (Phi) is 7.01. The number of aliphatic hydroxyl groups excluding tert-OH is 1. The molecule has 1 aliphatic rings. The van der Waals surface area contributed by atoms with Gasteiger partial charge in [-0.3, -0.25) is 9.59 Å². The molecule has 1 aromatic heterocycles. The minimum Gasteiger partial charge on any atom is -0.507 e. The summed E-state index contributed by atoms with van der Waals surface area (Å²) < 4.78 is 50.2. The van der Waals surface area contributed by atoms with E-state index in [2.05, 4.69) is 0 Å². The Balaban J connectivity index is 1.85. The van der Waals surface area contributed by atoms with E-state index in [0.29, 0.717) is 4.88 Å². The molecule has 0 radical (unpaired) electrons. The standard InChI is InChI=1S/C25H19ClF3NO5S/c1-34-17-11-18(35-2)16(26)10-15(17)22(31)20-21(19-7-4-8-36-19)30(24(33)23(20)32)12-13-5-3-6-14(9-13)25(27,28)29/h3-11,21,31H,12H2,1-2H3/b22-20-. The number of rotatable bonds is 6. The maximum atomic E-state index is 13.2. The molecule has 2 heterocycles. The summed E-state index contributed by atoms with van der Waals surface area (Å²) in [6.07, 6.45) is -4.57. The Hall–Kier alpha value is -3.50. The molecule has 36 heavy (non-hydrogen) atoms. The third kappa shape index (κ3) is 4.66. The van der Waals surface area contributed by atoms with E-state index in [1.54, 1.807) is 17.5 Å². The van der Waals surface area contributed by atoms with Gasteiger partial charge in [-0.05, 0) is 35.2 Å². The highest BCUT2D eigenvalue weighted by Gasteiger charge is 2.47. The lowest BCUT2D eigenvalue weighted by molar-refractivity contribution is -0.140. The minimum absolute atomic E-state index is 0.0573. The number of ketones is 1. The van der Waals surface area contributed by atoms with Gasteiger partial charge in [0.2, 0.25) is 0 Å². The summed E-state index contributed by atoms with van der Waals surface area (Å²) >= 11 is 7.46. The topological polar surface area (TPSA) is 76.1 Å². The zero-order chi connectivity index (χ0) is 26.2. The number of Topliss-reactive ketones (excluding diaryl/α,β-unsaturated/α-hetero) is 1. The van der Waals surface area contributed by atoms with Crippen molar-refractivity contribution in [3.63, 3.8) is 0 Å². The predicted octanol–water partition coefficient (Wildman–Crippen LogP) is 6.06. The highest BCUT2D eigenvalue weighted by Crippen LogP contribution is 2.44. The molecule has 188 valence electrons. The lowest BCUT2D eigenvalue weighted by Crippen LogP contribution is -2.29. The largest absolute Gasteiger partial charge is 0.507 e. The van der Waals surface area contributed by atoms with E-state index < -0.39 is 35.2 Å². The van der Waals surface area contributed by atoms with Gasteiger partial charge in [0.25, 0.3) is 11.7 Å². The molecule has 2 aromatic carbocycles. The quantitative estimate of drug-likeness (QED) is 0.235. The summed E-state index contributed by atoms with van der Waals surface area (Å²) in [4.78, 5) is 28.0. The molecule has 6 nitrogen and oxygen atoms in total. The van der Waals surface area contributed by atoms with Gasteiger partial charge >= 0.3 is 6.18 Å². The number of nitrogens with zero attached hydrogens (tertiary/aromatic N) is 1. The highest BCUT2D eigenvalue weighted by atomic mass is 35.5. The number of halogens is 4. The van der Waals surface area contributed by atoms with E-state index in [0.717, 1.165) is 17.0 Å². The van der Waals surface area contributed by atoms with Crippen LogP contribution in [0.5, 0.6) is 11.5 Å². The van der Waals surface area contributed by atoms with Crippen molar-refractivity contribution >= 4 is 40.4 Å². The van der Waals surface area contributed by atoms with E-state index in [9.17, 15) is 27.9 Å². The van der Waals surface area contributed by atoms with Crippen molar-refractivity contribution in [2.45, 2.75) is 18.8 Å². The van der Waals surface area contributed by atoms with Gasteiger partial charge in [0.05, 0.1) is 42.0 Å². The second-order valence-corrected chi connectivity index (χ2v) is 9.21. The molecule has 0 bridgehead atoms. The lowest BCUT2D eigenvalue weighted by Gasteiger charge is -2.24. The Bertz CT molecular complexity index is 1350. The third-order valence-electron chi connectivity index (χ3n) is 5.69. The van der Waals surface area contributed by atoms with Crippen LogP contribution in [0, 0.1) is 0 Å². The first-order valence-electron chi connectivity index (χ1n) is 10.5. The van der Waals surface area contributed by atoms with Crippen molar-refractivity contribution in [2.75, 3.05) is 14.2 Å². The lowest BCUT2D eigenvalue weighted by atomic mass is 9.99. The molecule has 1 fully saturated rings. The molecule has 1 amide bonds. The van der Waals surface area contributed by atoms with Crippen molar-refractivity contribution in [2.24, 2.45) is 0 Å². The number of aliphatic hydroxyl groups is 1. The zero-order valence-electron chi connectivity index (χ0n) is 18.9. The van der Waals surface area contributed by atoms with Gasteiger partial charge in [-0.1, -0.05) is 29.8 Å². The smallest absolute Gasteiger partial charge is 0.416 e. The summed E-state index contributed by atoms with van der Waals surface area (Å²) in [5.74, 6) is -2.05. The maximum absolute atomic E-state index is 13.2. The van der Waals surface area contributed by atoms with Crippen LogP contribution in [-0.2, 0) is 22.3 Å². The van der Waals surface area contributed by atoms with Crippen LogP contribution in [0.3, 0.4) is 0 Å². The van der Waals surface area contributed by atoms with Crippen LogP contribution in [0.2, 0.25) is 5.02 Å². The fraction of sp³-hybridized carbons (Fsp3) is 0.200. The number of likely N-dealkylation sites (tertiary alicyclic amines) is 1. The molecule has 1 atom stereocenters. The molecular formula is C25H19ClF3NO5S. The molecule has 11 heteroatoms. The van der Waals surface area contributed by atoms with E-state index in [1.165, 1.54) is 49.8 Å². The Morgan fingerprint density at radius 2 is 1.81 bits per heavy atom. The van der Waals surface area contributed by atoms with Crippen LogP contribution >= 0.6 is 22.9 Å². The van der Waals surface area contributed by atoms with Crippen LogP contribution in [0.1, 0.15) is 27.6 Å². The molecule has 0 spiro atoms. The number of methoxy groups -OCH3 is 2. The van der Waals surface area contributed by atoms with E-state index >= 15 is 0 Å². The van der Waals surface area contributed by atoms with Crippen molar-refractivity contribution in [3.8, 4) is 11.5 Å². The summed E-state index contributed by atoms with van der Waals surface area (Å²) in [6, 6.07) is 9.64. The third-order valence-corrected chi connectivity index (χ3v) is 6.91. The van der Waals surface area contributed by atoms with Crippen molar-refractivity contribution < 1.29 is 37.3 Å². The first-order valence-corrected chi connectivity index (χ1v) is 11.7. The summed E-state index contributed by atoms with van der Waals surface area (Å²) in [6.45, 7) is -0.283. The van der Waals surface area contributed by atoms with Crippen LogP contribution in [0.15, 0.2) is 59.5 Å². The molecule has 0 aliphatic carbocycles. The molecular weight excluding hydrogens is 519 g/mol. The fourth-order valence-corrected chi connectivity index (χ4v) is 5.10. The van der Waals surface area contributed by atoms with Crippen LogP contribution in [0.25, 0.3) is 5.76 Å². The summed E-state index contributed by atoms with van der Waals surface area (Å²) in [7, 11) is 2.75. The van der Waals surface area contributed by atoms with E-state index in [1.807, 2.05) is 0 Å². The number of thiophene rings is 1. The number of carbonyl (C=O) groups is 2. The maximum Gasteiger partial charge on any atom is 0.416 e. The van der Waals surface area contributed by atoms with Gasteiger partial charge < -0.3 is 19.5 Å². The number of ether oxygens (including phenoxy) is 2. The minimum atomic E-state index is -4.57. The van der Waals surface area contributed by atoms with Gasteiger partial charge in [-0.25, -0.2) is 0 Å². The summed E-state index contributed by atoms with van der Waals surface area (Å²) in [5, 5.41) is 13.1. The number of amides is 1. The molecule has 1 aliphatic heterocycles. The van der Waals surface area contributed by atoms with Crippen molar-refractivity contribution in [1.29, 1.82) is 0 Å². The van der Waals surface area contributed by atoms with Gasteiger partial charge in [-0.2, -0.15) is 13.2 Å². The first kappa shape index (κ1) is 25.6. The second-order valence-electron chi connectivity index (χ2n) is 7.83. The van der Waals surface area contributed by atoms with Gasteiger partial charge in [0, 0.05) is 17.5 Å². The Morgan fingerprint density at radius 1 is 1.08 bits per heavy atom. The predicted molar refractivity (Wildman–Crippen MR) is 128 cm³/mol. The first-order chi connectivity index (χ1) is 17.1. The fourth-order valence-electron chi connectivity index (χ4n) is 4.02. The average molecular weight is 538 g/mol. The molecule has 1 unspecified atom stereocenters. The number of hydrogen-bond donors (Lipinski definition) is 1. The number of benzene rings is 2. The normalized spacial score (nSPS) is 17.5. The molecule has 3 aromatic rings. The van der Waals surface area contributed by atoms with Crippen LogP contribution < -0.4 is 9.47 Å².